The van der Waals surface area contributed by atoms with Gasteiger partial charge in [-0.25, -0.2) is 9.37 Å². The highest BCUT2D eigenvalue weighted by Crippen LogP contribution is 2.26. The lowest BCUT2D eigenvalue weighted by Gasteiger charge is -2.03. The van der Waals surface area contributed by atoms with Gasteiger partial charge < -0.3 is 10.1 Å². The lowest BCUT2D eigenvalue weighted by Crippen LogP contribution is -2.05. The second kappa shape index (κ2) is 6.66. The maximum atomic E-state index is 13.0. The van der Waals surface area contributed by atoms with Gasteiger partial charge in [-0.1, -0.05) is 18.3 Å². The number of hydrogen-bond acceptors (Lipinski definition) is 4. The molecule has 0 saturated heterocycles. The van der Waals surface area contributed by atoms with Crippen molar-refractivity contribution in [3.63, 3.8) is 0 Å². The molecule has 0 fully saturated rings. The number of ether oxygens (including phenoxy) is 1. The van der Waals surface area contributed by atoms with Crippen molar-refractivity contribution < 1.29 is 9.13 Å². The first-order valence-corrected chi connectivity index (χ1v) is 6.99. The number of benzene rings is 1. The molecule has 0 bridgehead atoms. The molecule has 0 unspecified atom stereocenters. The van der Waals surface area contributed by atoms with Crippen LogP contribution in [-0.4, -0.2) is 24.7 Å². The van der Waals surface area contributed by atoms with E-state index in [0.717, 1.165) is 42.4 Å². The van der Waals surface area contributed by atoms with Gasteiger partial charge >= 0.3 is 0 Å². The molecule has 0 aliphatic heterocycles. The Bertz CT molecular complexity index is 501. The molecule has 1 N–H and O–H groups in total. The van der Waals surface area contributed by atoms with Crippen LogP contribution in [0.15, 0.2) is 18.2 Å². The number of rotatable bonds is 7. The van der Waals surface area contributed by atoms with Crippen molar-refractivity contribution in [2.75, 3.05) is 25.1 Å². The molecule has 98 valence electrons. The molecule has 0 aliphatic rings. The number of anilines is 1. The Kier molecular flexibility index (Phi) is 4.90. The van der Waals surface area contributed by atoms with E-state index in [0.29, 0.717) is 5.52 Å². The molecule has 1 heterocycles. The monoisotopic (exact) mass is 268 g/mol. The van der Waals surface area contributed by atoms with Crippen molar-refractivity contribution in [2.24, 2.45) is 0 Å². The molecule has 3 nitrogen and oxygen atoms in total. The summed E-state index contributed by atoms with van der Waals surface area (Å²) in [6, 6.07) is 4.68. The van der Waals surface area contributed by atoms with Gasteiger partial charge in [-0.15, -0.1) is 0 Å². The van der Waals surface area contributed by atoms with Crippen LogP contribution in [0.5, 0.6) is 0 Å². The summed E-state index contributed by atoms with van der Waals surface area (Å²) in [6.45, 7) is 4.51. The van der Waals surface area contributed by atoms with Crippen LogP contribution in [0.1, 0.15) is 19.8 Å². The van der Waals surface area contributed by atoms with E-state index >= 15 is 0 Å². The molecule has 0 spiro atoms. The zero-order valence-corrected chi connectivity index (χ0v) is 11.2. The number of nitrogens with one attached hydrogen (secondary N) is 1. The van der Waals surface area contributed by atoms with Crippen LogP contribution in [0.2, 0.25) is 0 Å². The van der Waals surface area contributed by atoms with Gasteiger partial charge in [-0.2, -0.15) is 0 Å². The molecule has 0 radical (unpaired) electrons. The average Bonchev–Trinajstić information content (AvgIpc) is 2.75. The minimum absolute atomic E-state index is 0.243. The SMILES string of the molecule is CCCOCCCNc1nc2cc(F)ccc2s1. The summed E-state index contributed by atoms with van der Waals surface area (Å²) in [6.07, 6.45) is 2.00. The summed E-state index contributed by atoms with van der Waals surface area (Å²) in [5.74, 6) is -0.243. The maximum absolute atomic E-state index is 13.0. The fraction of sp³-hybridized carbons (Fsp3) is 0.462. The molecule has 2 aromatic rings. The quantitative estimate of drug-likeness (QED) is 0.778. The highest BCUT2D eigenvalue weighted by Gasteiger charge is 2.03. The van der Waals surface area contributed by atoms with Crippen LogP contribution >= 0.6 is 11.3 Å². The lowest BCUT2D eigenvalue weighted by atomic mass is 10.3. The van der Waals surface area contributed by atoms with E-state index in [2.05, 4.69) is 17.2 Å². The fourth-order valence-electron chi connectivity index (χ4n) is 1.59. The topological polar surface area (TPSA) is 34.1 Å². The largest absolute Gasteiger partial charge is 0.381 e. The van der Waals surface area contributed by atoms with Crippen molar-refractivity contribution in [2.45, 2.75) is 19.8 Å². The first kappa shape index (κ1) is 13.2. The standard InChI is InChI=1S/C13H17FN2OS/c1-2-7-17-8-3-6-15-13-16-11-9-10(14)4-5-12(11)18-13/h4-5,9H,2-3,6-8H2,1H3,(H,15,16). The van der Waals surface area contributed by atoms with Gasteiger partial charge in [0.2, 0.25) is 0 Å². The smallest absolute Gasteiger partial charge is 0.183 e. The molecule has 0 aliphatic carbocycles. The zero-order chi connectivity index (χ0) is 12.8. The summed E-state index contributed by atoms with van der Waals surface area (Å²) in [5, 5.41) is 4.07. The Balaban J connectivity index is 1.81. The first-order chi connectivity index (χ1) is 8.79. The Labute approximate surface area is 110 Å². The molecule has 2 rings (SSSR count). The summed E-state index contributed by atoms with van der Waals surface area (Å²) in [4.78, 5) is 4.33. The third-order valence-electron chi connectivity index (χ3n) is 2.44. The second-order valence-electron chi connectivity index (χ2n) is 4.02. The Morgan fingerprint density at radius 2 is 2.28 bits per heavy atom. The van der Waals surface area contributed by atoms with Gasteiger partial charge in [0.1, 0.15) is 5.82 Å². The van der Waals surface area contributed by atoms with Crippen LogP contribution in [0.25, 0.3) is 10.2 Å². The van der Waals surface area contributed by atoms with Gasteiger partial charge in [-0.05, 0) is 25.0 Å². The third kappa shape index (κ3) is 3.65. The summed E-state index contributed by atoms with van der Waals surface area (Å²) in [7, 11) is 0. The Hall–Kier alpha value is -1.20. The van der Waals surface area contributed by atoms with E-state index in [1.807, 2.05) is 0 Å². The predicted octanol–water partition coefficient (Wildman–Crippen LogP) is 3.66. The fourth-order valence-corrected chi connectivity index (χ4v) is 2.46. The van der Waals surface area contributed by atoms with Crippen molar-refractivity contribution in [3.8, 4) is 0 Å². The van der Waals surface area contributed by atoms with E-state index in [4.69, 9.17) is 4.74 Å². The van der Waals surface area contributed by atoms with Crippen molar-refractivity contribution in [3.05, 3.63) is 24.0 Å². The number of thiazole rings is 1. The van der Waals surface area contributed by atoms with E-state index in [-0.39, 0.29) is 5.82 Å². The highest BCUT2D eigenvalue weighted by molar-refractivity contribution is 7.22. The molecule has 18 heavy (non-hydrogen) atoms. The van der Waals surface area contributed by atoms with Gasteiger partial charge in [-0.3, -0.25) is 0 Å². The molecular formula is C13H17FN2OS. The molecule has 1 aromatic heterocycles. The minimum atomic E-state index is -0.243. The second-order valence-corrected chi connectivity index (χ2v) is 5.05. The van der Waals surface area contributed by atoms with Crippen molar-refractivity contribution >= 4 is 26.7 Å². The lowest BCUT2D eigenvalue weighted by molar-refractivity contribution is 0.134. The van der Waals surface area contributed by atoms with Crippen LogP contribution in [-0.2, 0) is 4.74 Å². The van der Waals surface area contributed by atoms with Gasteiger partial charge in [0, 0.05) is 25.8 Å². The summed E-state index contributed by atoms with van der Waals surface area (Å²) in [5.41, 5.74) is 0.713. The van der Waals surface area contributed by atoms with Crippen LogP contribution < -0.4 is 5.32 Å². The van der Waals surface area contributed by atoms with Crippen LogP contribution in [0.3, 0.4) is 0 Å². The van der Waals surface area contributed by atoms with E-state index < -0.39 is 0 Å². The maximum Gasteiger partial charge on any atom is 0.183 e. The molecule has 0 amide bonds. The summed E-state index contributed by atoms with van der Waals surface area (Å²) >= 11 is 1.54. The number of nitrogens with zero attached hydrogens (tertiary/aromatic N) is 1. The number of fused-ring (bicyclic) bond motifs is 1. The van der Waals surface area contributed by atoms with E-state index in [1.165, 1.54) is 12.1 Å². The zero-order valence-electron chi connectivity index (χ0n) is 10.4. The van der Waals surface area contributed by atoms with Crippen LogP contribution in [0, 0.1) is 5.82 Å². The Morgan fingerprint density at radius 3 is 3.11 bits per heavy atom. The molecule has 0 atom stereocenters. The van der Waals surface area contributed by atoms with Gasteiger partial charge in [0.25, 0.3) is 0 Å². The Morgan fingerprint density at radius 1 is 1.39 bits per heavy atom. The number of aromatic nitrogens is 1. The van der Waals surface area contributed by atoms with Gasteiger partial charge in [0.15, 0.2) is 5.13 Å². The number of hydrogen-bond donors (Lipinski definition) is 1. The van der Waals surface area contributed by atoms with E-state index in [9.17, 15) is 4.39 Å². The molecular weight excluding hydrogens is 251 g/mol. The predicted molar refractivity (Wildman–Crippen MR) is 73.8 cm³/mol. The van der Waals surface area contributed by atoms with Gasteiger partial charge in [0.05, 0.1) is 10.2 Å². The molecule has 1 aromatic carbocycles. The van der Waals surface area contributed by atoms with Crippen molar-refractivity contribution in [1.29, 1.82) is 0 Å². The van der Waals surface area contributed by atoms with Crippen molar-refractivity contribution in [1.82, 2.24) is 4.98 Å². The average molecular weight is 268 g/mol. The summed E-state index contributed by atoms with van der Waals surface area (Å²) < 4.78 is 19.4. The normalized spacial score (nSPS) is 11.0. The highest BCUT2D eigenvalue weighted by atomic mass is 32.1. The number of halogens is 1. The molecule has 5 heteroatoms. The van der Waals surface area contributed by atoms with Crippen LogP contribution in [0.4, 0.5) is 9.52 Å². The van der Waals surface area contributed by atoms with E-state index in [1.54, 1.807) is 17.4 Å². The molecule has 0 saturated carbocycles. The first-order valence-electron chi connectivity index (χ1n) is 6.17. The minimum Gasteiger partial charge on any atom is -0.381 e. The third-order valence-corrected chi connectivity index (χ3v) is 3.43.